The SMILES string of the molecule is C[C@H](Nc1cc(F)c(S(=O)(=O)Cc2cscn2)cc1Cl)c1cc(CC(F)F)ccc1F. The molecule has 0 radical (unpaired) electrons. The summed E-state index contributed by atoms with van der Waals surface area (Å²) < 4.78 is 79.2. The van der Waals surface area contributed by atoms with Crippen LogP contribution in [0.1, 0.15) is 29.8 Å². The minimum atomic E-state index is -4.03. The van der Waals surface area contributed by atoms with Crippen LogP contribution in [0.3, 0.4) is 0 Å². The third-order valence-electron chi connectivity index (χ3n) is 4.47. The molecule has 1 heterocycles. The lowest BCUT2D eigenvalue weighted by atomic mass is 10.0. The van der Waals surface area contributed by atoms with Crippen molar-refractivity contribution in [2.45, 2.75) is 36.5 Å². The molecular weight excluding hydrogens is 476 g/mol. The lowest BCUT2D eigenvalue weighted by Gasteiger charge is -2.19. The van der Waals surface area contributed by atoms with Crippen LogP contribution in [-0.4, -0.2) is 19.8 Å². The lowest BCUT2D eigenvalue weighted by Crippen LogP contribution is -2.12. The van der Waals surface area contributed by atoms with Crippen molar-refractivity contribution in [3.05, 3.63) is 74.7 Å². The van der Waals surface area contributed by atoms with Gasteiger partial charge in [0.1, 0.15) is 16.5 Å². The molecule has 0 saturated heterocycles. The minimum Gasteiger partial charge on any atom is -0.377 e. The summed E-state index contributed by atoms with van der Waals surface area (Å²) in [4.78, 5) is 3.32. The average molecular weight is 493 g/mol. The highest BCUT2D eigenvalue weighted by Gasteiger charge is 2.24. The summed E-state index contributed by atoms with van der Waals surface area (Å²) in [6, 6.07) is 4.79. The summed E-state index contributed by atoms with van der Waals surface area (Å²) in [6.45, 7) is 1.55. The fraction of sp³-hybridized carbons (Fsp3) is 0.250. The van der Waals surface area contributed by atoms with E-state index in [9.17, 15) is 26.0 Å². The number of nitrogens with one attached hydrogen (secondary N) is 1. The molecular formula is C20H17ClF4N2O2S2. The molecule has 0 fully saturated rings. The topological polar surface area (TPSA) is 59.1 Å². The molecule has 0 aliphatic rings. The predicted octanol–water partition coefficient (Wildman–Crippen LogP) is 6.03. The van der Waals surface area contributed by atoms with E-state index in [1.165, 1.54) is 29.0 Å². The van der Waals surface area contributed by atoms with Crippen LogP contribution in [0.5, 0.6) is 0 Å². The Morgan fingerprint density at radius 3 is 2.55 bits per heavy atom. The molecule has 2 aromatic carbocycles. The second-order valence-electron chi connectivity index (χ2n) is 6.82. The first-order valence-electron chi connectivity index (χ1n) is 8.98. The molecule has 1 aromatic heterocycles. The van der Waals surface area contributed by atoms with Crippen LogP contribution in [0.25, 0.3) is 0 Å². The standard InChI is InChI=1S/C20H17ClF4N2O2S2/c1-11(14-4-12(5-20(24)25)2-3-16(14)22)27-18-7-17(23)19(6-15(18)21)31(28,29)9-13-8-30-10-26-13/h2-4,6-8,10-11,20,27H,5,9H2,1H3/t11-/m0/s1. The summed E-state index contributed by atoms with van der Waals surface area (Å²) in [6.07, 6.45) is -3.11. The molecule has 166 valence electrons. The number of rotatable bonds is 8. The fourth-order valence-electron chi connectivity index (χ4n) is 3.00. The lowest BCUT2D eigenvalue weighted by molar-refractivity contribution is 0.149. The monoisotopic (exact) mass is 492 g/mol. The Balaban J connectivity index is 1.85. The van der Waals surface area contributed by atoms with E-state index in [0.29, 0.717) is 0 Å². The van der Waals surface area contributed by atoms with Crippen LogP contribution >= 0.6 is 22.9 Å². The molecule has 0 bridgehead atoms. The van der Waals surface area contributed by atoms with Crippen molar-refractivity contribution in [3.8, 4) is 0 Å². The van der Waals surface area contributed by atoms with Gasteiger partial charge in [-0.1, -0.05) is 23.7 Å². The molecule has 0 aliphatic carbocycles. The molecule has 1 atom stereocenters. The van der Waals surface area contributed by atoms with Gasteiger partial charge in [0, 0.05) is 17.4 Å². The molecule has 31 heavy (non-hydrogen) atoms. The number of sulfone groups is 1. The zero-order valence-electron chi connectivity index (χ0n) is 16.1. The first-order valence-corrected chi connectivity index (χ1v) is 12.0. The molecule has 0 amide bonds. The number of aromatic nitrogens is 1. The molecule has 4 nitrogen and oxygen atoms in total. The van der Waals surface area contributed by atoms with Gasteiger partial charge in [-0.05, 0) is 30.7 Å². The van der Waals surface area contributed by atoms with E-state index in [1.54, 1.807) is 12.3 Å². The van der Waals surface area contributed by atoms with Gasteiger partial charge in [0.15, 0.2) is 9.84 Å². The Morgan fingerprint density at radius 2 is 1.90 bits per heavy atom. The number of anilines is 1. The summed E-state index contributed by atoms with van der Waals surface area (Å²) in [7, 11) is -4.03. The number of hydrogen-bond donors (Lipinski definition) is 1. The zero-order valence-corrected chi connectivity index (χ0v) is 18.5. The van der Waals surface area contributed by atoms with Gasteiger partial charge in [-0.25, -0.2) is 31.0 Å². The van der Waals surface area contributed by atoms with Crippen molar-refractivity contribution < 1.29 is 26.0 Å². The Bertz CT molecular complexity index is 1170. The molecule has 3 aromatic rings. The highest BCUT2D eigenvalue weighted by Crippen LogP contribution is 2.33. The van der Waals surface area contributed by atoms with Crippen LogP contribution in [-0.2, 0) is 22.0 Å². The number of thiazole rings is 1. The van der Waals surface area contributed by atoms with Crippen LogP contribution < -0.4 is 5.32 Å². The number of nitrogens with zero attached hydrogens (tertiary/aromatic N) is 1. The van der Waals surface area contributed by atoms with E-state index in [-0.39, 0.29) is 27.5 Å². The van der Waals surface area contributed by atoms with Gasteiger partial charge >= 0.3 is 0 Å². The predicted molar refractivity (Wildman–Crippen MR) is 113 cm³/mol. The van der Waals surface area contributed by atoms with E-state index in [1.807, 2.05) is 0 Å². The third kappa shape index (κ3) is 5.75. The largest absolute Gasteiger partial charge is 0.377 e. The average Bonchev–Trinajstić information content (AvgIpc) is 3.17. The highest BCUT2D eigenvalue weighted by molar-refractivity contribution is 7.90. The van der Waals surface area contributed by atoms with Gasteiger partial charge in [-0.15, -0.1) is 11.3 Å². The van der Waals surface area contributed by atoms with Crippen molar-refractivity contribution in [1.82, 2.24) is 4.98 Å². The van der Waals surface area contributed by atoms with E-state index in [4.69, 9.17) is 11.6 Å². The van der Waals surface area contributed by atoms with Crippen molar-refractivity contribution >= 4 is 38.5 Å². The molecule has 1 N–H and O–H groups in total. The van der Waals surface area contributed by atoms with Crippen molar-refractivity contribution in [2.24, 2.45) is 0 Å². The summed E-state index contributed by atoms with van der Waals surface area (Å²) in [5.41, 5.74) is 2.14. The molecule has 3 rings (SSSR count). The van der Waals surface area contributed by atoms with Gasteiger partial charge in [0.05, 0.1) is 33.7 Å². The maximum Gasteiger partial charge on any atom is 0.242 e. The van der Waals surface area contributed by atoms with Gasteiger partial charge < -0.3 is 5.32 Å². The van der Waals surface area contributed by atoms with E-state index >= 15 is 0 Å². The van der Waals surface area contributed by atoms with Gasteiger partial charge in [-0.2, -0.15) is 0 Å². The number of alkyl halides is 2. The number of halogens is 5. The summed E-state index contributed by atoms with van der Waals surface area (Å²) in [5, 5.41) is 4.27. The second kappa shape index (κ2) is 9.54. The maximum atomic E-state index is 14.6. The minimum absolute atomic E-state index is 0.0398. The number of benzene rings is 2. The first kappa shape index (κ1) is 23.5. The normalized spacial score (nSPS) is 12.9. The molecule has 11 heteroatoms. The molecule has 0 spiro atoms. The Kier molecular flexibility index (Phi) is 7.23. The van der Waals surface area contributed by atoms with Gasteiger partial charge in [-0.3, -0.25) is 0 Å². The zero-order chi connectivity index (χ0) is 22.8. The number of hydrogen-bond acceptors (Lipinski definition) is 5. The van der Waals surface area contributed by atoms with Crippen LogP contribution in [0.15, 0.2) is 46.1 Å². The van der Waals surface area contributed by atoms with Crippen molar-refractivity contribution in [1.29, 1.82) is 0 Å². The van der Waals surface area contributed by atoms with Crippen LogP contribution in [0.2, 0.25) is 5.02 Å². The van der Waals surface area contributed by atoms with Crippen molar-refractivity contribution in [3.63, 3.8) is 0 Å². The molecule has 0 saturated carbocycles. The maximum absolute atomic E-state index is 14.6. The summed E-state index contributed by atoms with van der Waals surface area (Å²) >= 11 is 7.38. The fourth-order valence-corrected chi connectivity index (χ4v) is 5.30. The highest BCUT2D eigenvalue weighted by atomic mass is 35.5. The first-order chi connectivity index (χ1) is 14.6. The van der Waals surface area contributed by atoms with E-state index in [0.717, 1.165) is 18.2 Å². The van der Waals surface area contributed by atoms with Crippen molar-refractivity contribution in [2.75, 3.05) is 5.32 Å². The smallest absolute Gasteiger partial charge is 0.242 e. The second-order valence-corrected chi connectivity index (χ2v) is 9.90. The Morgan fingerprint density at radius 1 is 1.16 bits per heavy atom. The van der Waals surface area contributed by atoms with Gasteiger partial charge in [0.25, 0.3) is 0 Å². The van der Waals surface area contributed by atoms with E-state index < -0.39 is 51.0 Å². The van der Waals surface area contributed by atoms with Crippen LogP contribution in [0.4, 0.5) is 23.2 Å². The quantitative estimate of drug-likeness (QED) is 0.390. The molecule has 0 unspecified atom stereocenters. The van der Waals surface area contributed by atoms with Gasteiger partial charge in [0.2, 0.25) is 6.43 Å². The summed E-state index contributed by atoms with van der Waals surface area (Å²) in [5.74, 6) is -2.13. The van der Waals surface area contributed by atoms with E-state index in [2.05, 4.69) is 10.3 Å². The Labute approximate surface area is 185 Å². The Hall–Kier alpha value is -2.17. The molecule has 0 aliphatic heterocycles. The third-order valence-corrected chi connectivity index (χ3v) is 7.07. The van der Waals surface area contributed by atoms with Crippen LogP contribution in [0, 0.1) is 11.6 Å².